The minimum absolute atomic E-state index is 0.111. The van der Waals surface area contributed by atoms with Gasteiger partial charge in [0.15, 0.2) is 5.76 Å². The Labute approximate surface area is 145 Å². The first-order chi connectivity index (χ1) is 11.5. The summed E-state index contributed by atoms with van der Waals surface area (Å²) in [5.41, 5.74) is 1.24. The van der Waals surface area contributed by atoms with Gasteiger partial charge in [-0.25, -0.2) is 9.36 Å². The Kier molecular flexibility index (Phi) is 4.35. The molecule has 24 heavy (non-hydrogen) atoms. The molecule has 0 saturated heterocycles. The van der Waals surface area contributed by atoms with Crippen LogP contribution < -0.4 is 10.5 Å². The van der Waals surface area contributed by atoms with Crippen LogP contribution in [0.2, 0.25) is 0 Å². The molecule has 0 aliphatic heterocycles. The van der Waals surface area contributed by atoms with Gasteiger partial charge in [0, 0.05) is 6.42 Å². The lowest BCUT2D eigenvalue weighted by atomic mass is 10.1. The molecule has 1 aromatic heterocycles. The van der Waals surface area contributed by atoms with Gasteiger partial charge in [0.05, 0.1) is 17.3 Å². The number of nitrogens with zero attached hydrogens (tertiary/aromatic N) is 1. The van der Waals surface area contributed by atoms with Crippen LogP contribution in [0, 0.1) is 0 Å². The van der Waals surface area contributed by atoms with Gasteiger partial charge in [-0.1, -0.05) is 6.07 Å². The molecule has 2 N–H and O–H groups in total. The molecule has 0 saturated carbocycles. The Morgan fingerprint density at radius 2 is 1.88 bits per heavy atom. The second kappa shape index (κ2) is 6.45. The van der Waals surface area contributed by atoms with E-state index in [1.165, 1.54) is 6.07 Å². The van der Waals surface area contributed by atoms with E-state index in [-0.39, 0.29) is 23.8 Å². The van der Waals surface area contributed by atoms with E-state index >= 15 is 0 Å². The first kappa shape index (κ1) is 16.2. The Bertz CT molecular complexity index is 927. The van der Waals surface area contributed by atoms with Gasteiger partial charge in [-0.05, 0) is 57.9 Å². The van der Waals surface area contributed by atoms with Gasteiger partial charge >= 0.3 is 5.76 Å². The van der Waals surface area contributed by atoms with Crippen LogP contribution >= 0.6 is 15.9 Å². The number of ether oxygens (including phenoxy) is 1. The number of halogens is 1. The van der Waals surface area contributed by atoms with Crippen LogP contribution in [0.25, 0.3) is 5.69 Å². The Balaban J connectivity index is 1.96. The number of hydrogen-bond donors (Lipinski definition) is 2. The van der Waals surface area contributed by atoms with E-state index in [4.69, 9.17) is 9.15 Å². The normalized spacial score (nSPS) is 10.8. The van der Waals surface area contributed by atoms with Gasteiger partial charge < -0.3 is 19.4 Å². The highest BCUT2D eigenvalue weighted by molar-refractivity contribution is 9.10. The zero-order valence-corrected chi connectivity index (χ0v) is 14.3. The van der Waals surface area contributed by atoms with Crippen molar-refractivity contribution in [3.8, 4) is 23.1 Å². The molecule has 0 amide bonds. The summed E-state index contributed by atoms with van der Waals surface area (Å²) >= 11 is 3.23. The maximum absolute atomic E-state index is 12.1. The molecule has 0 aliphatic rings. The quantitative estimate of drug-likeness (QED) is 0.713. The van der Waals surface area contributed by atoms with Crippen molar-refractivity contribution < 1.29 is 19.4 Å². The summed E-state index contributed by atoms with van der Waals surface area (Å²) in [5.74, 6) is -0.0301. The molecule has 0 bridgehead atoms. The van der Waals surface area contributed by atoms with Crippen molar-refractivity contribution in [1.82, 2.24) is 4.57 Å². The second-order valence-electron chi connectivity index (χ2n) is 5.11. The fraction of sp³-hybridized carbons (Fsp3) is 0.118. The van der Waals surface area contributed by atoms with E-state index in [9.17, 15) is 15.0 Å². The summed E-state index contributed by atoms with van der Waals surface area (Å²) in [6, 6.07) is 11.6. The molecule has 124 valence electrons. The van der Waals surface area contributed by atoms with Gasteiger partial charge in [0.1, 0.15) is 11.5 Å². The monoisotopic (exact) mass is 391 g/mol. The zero-order chi connectivity index (χ0) is 17.3. The predicted molar refractivity (Wildman–Crippen MR) is 91.1 cm³/mol. The first-order valence-corrected chi connectivity index (χ1v) is 7.84. The maximum atomic E-state index is 12.1. The molecule has 0 radical (unpaired) electrons. The van der Waals surface area contributed by atoms with Crippen molar-refractivity contribution in [3.63, 3.8) is 0 Å². The summed E-state index contributed by atoms with van der Waals surface area (Å²) < 4.78 is 11.9. The van der Waals surface area contributed by atoms with E-state index in [0.717, 1.165) is 10.1 Å². The maximum Gasteiger partial charge on any atom is 0.426 e. The first-order valence-electron chi connectivity index (χ1n) is 7.05. The molecule has 2 aromatic carbocycles. The number of aromatic hydroxyl groups is 2. The van der Waals surface area contributed by atoms with Gasteiger partial charge in [0.25, 0.3) is 0 Å². The van der Waals surface area contributed by atoms with E-state index in [2.05, 4.69) is 15.9 Å². The molecular formula is C17H14BrNO5. The average molecular weight is 392 g/mol. The van der Waals surface area contributed by atoms with E-state index in [1.54, 1.807) is 43.5 Å². The predicted octanol–water partition coefficient (Wildman–Crippen LogP) is 3.20. The number of phenolic OH excluding ortho intramolecular Hbond substituents is 1. The fourth-order valence-corrected chi connectivity index (χ4v) is 2.75. The molecule has 0 atom stereocenters. The van der Waals surface area contributed by atoms with Crippen molar-refractivity contribution >= 4 is 15.9 Å². The number of hydrogen-bond acceptors (Lipinski definition) is 5. The zero-order valence-electron chi connectivity index (χ0n) is 12.7. The smallest absolute Gasteiger partial charge is 0.426 e. The van der Waals surface area contributed by atoms with Crippen molar-refractivity contribution in [2.75, 3.05) is 7.11 Å². The largest absolute Gasteiger partial charge is 0.507 e. The number of aromatic nitrogens is 1. The summed E-state index contributed by atoms with van der Waals surface area (Å²) in [7, 11) is 1.55. The lowest BCUT2D eigenvalue weighted by molar-refractivity contribution is 0.414. The van der Waals surface area contributed by atoms with Crippen LogP contribution in [-0.2, 0) is 6.42 Å². The number of methoxy groups -OCH3 is 1. The lowest BCUT2D eigenvalue weighted by Gasteiger charge is -2.05. The number of phenols is 1. The van der Waals surface area contributed by atoms with Crippen molar-refractivity contribution in [3.05, 3.63) is 68.8 Å². The SMILES string of the molecule is COc1ccc(-n2c(O)c(Cc3ccc(O)c(Br)c3)oc2=O)cc1. The summed E-state index contributed by atoms with van der Waals surface area (Å²) in [4.78, 5) is 12.1. The molecular weight excluding hydrogens is 378 g/mol. The summed E-state index contributed by atoms with van der Waals surface area (Å²) in [5, 5.41) is 19.9. The highest BCUT2D eigenvalue weighted by Crippen LogP contribution is 2.28. The summed E-state index contributed by atoms with van der Waals surface area (Å²) in [6.45, 7) is 0. The highest BCUT2D eigenvalue weighted by Gasteiger charge is 2.18. The third-order valence-corrected chi connectivity index (χ3v) is 4.20. The third kappa shape index (κ3) is 3.03. The minimum atomic E-state index is -0.675. The van der Waals surface area contributed by atoms with Crippen molar-refractivity contribution in [1.29, 1.82) is 0 Å². The molecule has 6 nitrogen and oxygen atoms in total. The van der Waals surface area contributed by atoms with Gasteiger partial charge in [-0.15, -0.1) is 0 Å². The van der Waals surface area contributed by atoms with Crippen LogP contribution in [0.5, 0.6) is 17.4 Å². The van der Waals surface area contributed by atoms with E-state index in [0.29, 0.717) is 15.9 Å². The van der Waals surface area contributed by atoms with Gasteiger partial charge in [0.2, 0.25) is 5.88 Å². The van der Waals surface area contributed by atoms with Gasteiger partial charge in [-0.2, -0.15) is 0 Å². The van der Waals surface area contributed by atoms with Crippen molar-refractivity contribution in [2.24, 2.45) is 0 Å². The lowest BCUT2D eigenvalue weighted by Crippen LogP contribution is -2.11. The number of benzene rings is 2. The molecule has 1 heterocycles. The van der Waals surface area contributed by atoms with E-state index in [1.807, 2.05) is 0 Å². The van der Waals surface area contributed by atoms with Gasteiger partial charge in [-0.3, -0.25) is 0 Å². The van der Waals surface area contributed by atoms with Crippen LogP contribution in [-0.4, -0.2) is 21.9 Å². The Hall–Kier alpha value is -2.67. The average Bonchev–Trinajstić information content (AvgIpc) is 2.85. The minimum Gasteiger partial charge on any atom is -0.507 e. The van der Waals surface area contributed by atoms with Crippen LogP contribution in [0.3, 0.4) is 0 Å². The second-order valence-corrected chi connectivity index (χ2v) is 5.97. The van der Waals surface area contributed by atoms with Crippen LogP contribution in [0.4, 0.5) is 0 Å². The molecule has 3 aromatic rings. The van der Waals surface area contributed by atoms with Crippen LogP contribution in [0.1, 0.15) is 11.3 Å². The molecule has 0 fully saturated rings. The fourth-order valence-electron chi connectivity index (χ4n) is 2.33. The third-order valence-electron chi connectivity index (χ3n) is 3.56. The molecule has 3 rings (SSSR count). The summed E-state index contributed by atoms with van der Waals surface area (Å²) in [6.07, 6.45) is 0.211. The van der Waals surface area contributed by atoms with E-state index < -0.39 is 5.76 Å². The van der Waals surface area contributed by atoms with Crippen LogP contribution in [0.15, 0.2) is 56.1 Å². The highest BCUT2D eigenvalue weighted by atomic mass is 79.9. The number of oxazole rings is 1. The standard InChI is InChI=1S/C17H14BrNO5/c1-23-12-5-3-11(4-6-12)19-16(21)15(24-17(19)22)9-10-2-7-14(20)13(18)8-10/h2-8,20-21H,9H2,1H3. The molecule has 0 aliphatic carbocycles. The van der Waals surface area contributed by atoms with Crippen molar-refractivity contribution in [2.45, 2.75) is 6.42 Å². The Morgan fingerprint density at radius 1 is 1.17 bits per heavy atom. The molecule has 0 unspecified atom stereocenters. The topological polar surface area (TPSA) is 84.8 Å². The Morgan fingerprint density at radius 3 is 2.50 bits per heavy atom. The molecule has 0 spiro atoms. The number of rotatable bonds is 4. The molecule has 7 heteroatoms.